The van der Waals surface area contributed by atoms with Crippen LogP contribution in [-0.4, -0.2) is 34.1 Å². The van der Waals surface area contributed by atoms with Gasteiger partial charge in [0.05, 0.1) is 29.0 Å². The molecule has 0 radical (unpaired) electrons. The van der Waals surface area contributed by atoms with Gasteiger partial charge in [0.2, 0.25) is 0 Å². The average Bonchev–Trinajstić information content (AvgIpc) is 3.21. The van der Waals surface area contributed by atoms with Crippen molar-refractivity contribution in [2.24, 2.45) is 11.3 Å². The van der Waals surface area contributed by atoms with Crippen LogP contribution in [0.1, 0.15) is 73.1 Å². The Labute approximate surface area is 140 Å². The maximum absolute atomic E-state index is 10.7. The van der Waals surface area contributed by atoms with Crippen LogP contribution in [0.4, 0.5) is 0 Å². The molecule has 130 valence electrons. The molecule has 2 heterocycles. The highest BCUT2D eigenvalue weighted by molar-refractivity contribution is 5.28. The molecule has 3 heteroatoms. The summed E-state index contributed by atoms with van der Waals surface area (Å²) in [5.74, 6) is 0.440. The normalized spacial score (nSPS) is 52.6. The lowest BCUT2D eigenvalue weighted by molar-refractivity contribution is 0.0838. The van der Waals surface area contributed by atoms with Gasteiger partial charge in [-0.1, -0.05) is 13.0 Å². The Morgan fingerprint density at radius 2 is 1.65 bits per heavy atom. The molecular formula is C20H32O3. The Kier molecular flexibility index (Phi) is 3.23. The lowest BCUT2D eigenvalue weighted by Crippen LogP contribution is -2.34. The van der Waals surface area contributed by atoms with Crippen molar-refractivity contribution in [3.05, 3.63) is 11.6 Å². The summed E-state index contributed by atoms with van der Waals surface area (Å²) < 4.78 is 12.2. The van der Waals surface area contributed by atoms with E-state index in [1.54, 1.807) is 0 Å². The molecule has 0 amide bonds. The molecule has 6 unspecified atom stereocenters. The van der Waals surface area contributed by atoms with E-state index < -0.39 is 5.60 Å². The Morgan fingerprint density at radius 1 is 1.04 bits per heavy atom. The van der Waals surface area contributed by atoms with Gasteiger partial charge in [-0.25, -0.2) is 0 Å². The molecule has 6 atom stereocenters. The van der Waals surface area contributed by atoms with E-state index in [0.717, 1.165) is 38.5 Å². The summed E-state index contributed by atoms with van der Waals surface area (Å²) in [6.07, 6.45) is 9.74. The first-order valence-corrected chi connectivity index (χ1v) is 9.34. The van der Waals surface area contributed by atoms with E-state index in [9.17, 15) is 5.11 Å². The van der Waals surface area contributed by atoms with E-state index >= 15 is 0 Å². The van der Waals surface area contributed by atoms with Gasteiger partial charge in [-0.15, -0.1) is 0 Å². The van der Waals surface area contributed by atoms with Crippen LogP contribution in [0.15, 0.2) is 11.6 Å². The van der Waals surface area contributed by atoms with Gasteiger partial charge in [0.15, 0.2) is 0 Å². The smallest absolute Gasteiger partial charge is 0.0921 e. The number of epoxide rings is 2. The molecule has 1 saturated carbocycles. The summed E-state index contributed by atoms with van der Waals surface area (Å²) in [6, 6.07) is 0. The minimum absolute atomic E-state index is 0.0549. The number of hydrogen-bond donors (Lipinski definition) is 1. The second-order valence-corrected chi connectivity index (χ2v) is 9.75. The monoisotopic (exact) mass is 320 g/mol. The predicted molar refractivity (Wildman–Crippen MR) is 90.2 cm³/mol. The fourth-order valence-corrected chi connectivity index (χ4v) is 5.32. The summed E-state index contributed by atoms with van der Waals surface area (Å²) in [4.78, 5) is 0. The zero-order valence-corrected chi connectivity index (χ0v) is 15.3. The third-order valence-electron chi connectivity index (χ3n) is 7.27. The quantitative estimate of drug-likeness (QED) is 0.587. The molecule has 23 heavy (non-hydrogen) atoms. The van der Waals surface area contributed by atoms with Crippen molar-refractivity contribution in [3.8, 4) is 0 Å². The second-order valence-electron chi connectivity index (χ2n) is 9.75. The number of hydrogen-bond acceptors (Lipinski definition) is 3. The van der Waals surface area contributed by atoms with Gasteiger partial charge < -0.3 is 14.6 Å². The first kappa shape index (κ1) is 16.1. The minimum Gasteiger partial charge on any atom is -0.386 e. The molecule has 0 aromatic carbocycles. The summed E-state index contributed by atoms with van der Waals surface area (Å²) in [5, 5.41) is 10.7. The topological polar surface area (TPSA) is 45.3 Å². The van der Waals surface area contributed by atoms with Crippen LogP contribution in [-0.2, 0) is 9.47 Å². The highest BCUT2D eigenvalue weighted by Crippen LogP contribution is 2.59. The van der Waals surface area contributed by atoms with E-state index in [1.807, 2.05) is 13.8 Å². The number of allylic oxidation sites excluding steroid dienone is 1. The van der Waals surface area contributed by atoms with Gasteiger partial charge in [-0.2, -0.15) is 0 Å². The first-order chi connectivity index (χ1) is 10.6. The van der Waals surface area contributed by atoms with Gasteiger partial charge in [0, 0.05) is 0 Å². The van der Waals surface area contributed by atoms with Crippen LogP contribution >= 0.6 is 0 Å². The van der Waals surface area contributed by atoms with E-state index in [1.165, 1.54) is 5.57 Å². The number of fused-ring (bicyclic) bond motifs is 3. The molecule has 3 nitrogen and oxygen atoms in total. The van der Waals surface area contributed by atoms with Crippen molar-refractivity contribution in [2.45, 2.75) is 102 Å². The second kappa shape index (κ2) is 4.62. The van der Waals surface area contributed by atoms with E-state index in [-0.39, 0.29) is 16.6 Å². The van der Waals surface area contributed by atoms with Crippen molar-refractivity contribution in [1.82, 2.24) is 0 Å². The average molecular weight is 320 g/mol. The van der Waals surface area contributed by atoms with Gasteiger partial charge in [-0.05, 0) is 83.1 Å². The van der Waals surface area contributed by atoms with Crippen LogP contribution in [0.3, 0.4) is 0 Å². The minimum atomic E-state index is -0.721. The molecule has 2 aliphatic carbocycles. The SMILES string of the molecule is CC(C)(O)C1=CCC2(C)CC3OC3(C)CCC3OC3(C)CCC12. The van der Waals surface area contributed by atoms with Crippen molar-refractivity contribution < 1.29 is 14.6 Å². The lowest BCUT2D eigenvalue weighted by atomic mass is 9.68. The molecule has 2 saturated heterocycles. The molecule has 0 aromatic heterocycles. The highest BCUT2D eigenvalue weighted by Gasteiger charge is 2.60. The van der Waals surface area contributed by atoms with Crippen LogP contribution in [0.2, 0.25) is 0 Å². The van der Waals surface area contributed by atoms with E-state index in [2.05, 4.69) is 26.8 Å². The van der Waals surface area contributed by atoms with E-state index in [0.29, 0.717) is 18.1 Å². The molecule has 1 N–H and O–H groups in total. The molecule has 0 spiro atoms. The third-order valence-corrected chi connectivity index (χ3v) is 7.27. The number of aliphatic hydroxyl groups is 1. The van der Waals surface area contributed by atoms with Crippen molar-refractivity contribution >= 4 is 0 Å². The van der Waals surface area contributed by atoms with Gasteiger partial charge in [-0.3, -0.25) is 0 Å². The van der Waals surface area contributed by atoms with Gasteiger partial charge in [0.1, 0.15) is 0 Å². The molecular weight excluding hydrogens is 288 g/mol. The fraction of sp³-hybridized carbons (Fsp3) is 0.900. The first-order valence-electron chi connectivity index (χ1n) is 9.34. The number of rotatable bonds is 1. The van der Waals surface area contributed by atoms with Crippen LogP contribution in [0.5, 0.6) is 0 Å². The van der Waals surface area contributed by atoms with Gasteiger partial charge in [0.25, 0.3) is 0 Å². The predicted octanol–water partition coefficient (Wildman–Crippen LogP) is 3.99. The zero-order chi connectivity index (χ0) is 16.7. The molecule has 0 bridgehead atoms. The van der Waals surface area contributed by atoms with Crippen molar-refractivity contribution in [1.29, 1.82) is 0 Å². The van der Waals surface area contributed by atoms with Crippen LogP contribution in [0, 0.1) is 11.3 Å². The summed E-state index contributed by atoms with van der Waals surface area (Å²) in [6.45, 7) is 10.8. The van der Waals surface area contributed by atoms with Crippen molar-refractivity contribution in [2.75, 3.05) is 0 Å². The fourth-order valence-electron chi connectivity index (χ4n) is 5.32. The largest absolute Gasteiger partial charge is 0.386 e. The Hall–Kier alpha value is -0.380. The maximum Gasteiger partial charge on any atom is 0.0921 e. The Balaban J connectivity index is 1.62. The third kappa shape index (κ3) is 2.60. The molecule has 2 aliphatic heterocycles. The zero-order valence-electron chi connectivity index (χ0n) is 15.3. The van der Waals surface area contributed by atoms with Gasteiger partial charge >= 0.3 is 0 Å². The number of ether oxygens (including phenoxy) is 2. The Morgan fingerprint density at radius 3 is 2.35 bits per heavy atom. The summed E-state index contributed by atoms with van der Waals surface area (Å²) >= 11 is 0. The molecule has 3 fully saturated rings. The lowest BCUT2D eigenvalue weighted by Gasteiger charge is -2.37. The molecule has 4 aliphatic rings. The van der Waals surface area contributed by atoms with Crippen LogP contribution in [0.25, 0.3) is 0 Å². The van der Waals surface area contributed by atoms with E-state index in [4.69, 9.17) is 9.47 Å². The summed E-state index contributed by atoms with van der Waals surface area (Å²) in [5.41, 5.74) is 0.841. The Bertz CT molecular complexity index is 548. The van der Waals surface area contributed by atoms with Crippen LogP contribution < -0.4 is 0 Å². The van der Waals surface area contributed by atoms with Crippen molar-refractivity contribution in [3.63, 3.8) is 0 Å². The highest BCUT2D eigenvalue weighted by atomic mass is 16.6. The molecule has 4 rings (SSSR count). The molecule has 0 aromatic rings. The maximum atomic E-state index is 10.7. The standard InChI is InChI=1S/C20H32O3/c1-17(2,21)13-6-9-18(3)12-16-20(5,23-16)11-8-15-19(4,22-15)10-7-14(13)18/h6,14-16,21H,7-12H2,1-5H3. The summed E-state index contributed by atoms with van der Waals surface area (Å²) in [7, 11) is 0.